The Labute approximate surface area is 194 Å². The molecule has 0 spiro atoms. The molecule has 3 aromatic rings. The van der Waals surface area contributed by atoms with Gasteiger partial charge in [0, 0.05) is 12.1 Å². The summed E-state index contributed by atoms with van der Waals surface area (Å²) in [6.45, 7) is 4.33. The van der Waals surface area contributed by atoms with Crippen molar-refractivity contribution in [3.63, 3.8) is 0 Å². The van der Waals surface area contributed by atoms with E-state index in [4.69, 9.17) is 4.74 Å². The summed E-state index contributed by atoms with van der Waals surface area (Å²) in [7, 11) is 0. The van der Waals surface area contributed by atoms with Crippen LogP contribution in [0.3, 0.4) is 0 Å². The molecule has 7 nitrogen and oxygen atoms in total. The first-order valence-corrected chi connectivity index (χ1v) is 10.6. The molecule has 1 N–H and O–H groups in total. The number of nitro benzene ring substituents is 1. The summed E-state index contributed by atoms with van der Waals surface area (Å²) in [4.78, 5) is 22.4. The number of hydrogen-bond acceptors (Lipinski definition) is 5. The number of carbonyl (C=O) groups excluding carboxylic acids is 1. The first-order chi connectivity index (χ1) is 15.3. The maximum Gasteiger partial charge on any atom is 0.269 e. The number of hydrazone groups is 1. The van der Waals surface area contributed by atoms with Crippen LogP contribution in [0.2, 0.25) is 0 Å². The predicted octanol–water partition coefficient (Wildman–Crippen LogP) is 5.25. The first-order valence-electron chi connectivity index (χ1n) is 9.85. The molecule has 8 heteroatoms. The Morgan fingerprint density at radius 1 is 1.06 bits per heavy atom. The van der Waals surface area contributed by atoms with Crippen LogP contribution in [-0.2, 0) is 17.8 Å². The average molecular weight is 496 g/mol. The van der Waals surface area contributed by atoms with Gasteiger partial charge in [-0.25, -0.2) is 5.43 Å². The molecule has 0 aliphatic rings. The molecule has 164 valence electrons. The van der Waals surface area contributed by atoms with Crippen LogP contribution in [0.1, 0.15) is 27.8 Å². The van der Waals surface area contributed by atoms with Gasteiger partial charge in [0.25, 0.3) is 5.69 Å². The van der Waals surface area contributed by atoms with E-state index in [-0.39, 0.29) is 24.6 Å². The van der Waals surface area contributed by atoms with Crippen molar-refractivity contribution >= 4 is 33.7 Å². The van der Waals surface area contributed by atoms with E-state index in [2.05, 4.69) is 26.5 Å². The molecule has 3 aromatic carbocycles. The van der Waals surface area contributed by atoms with Crippen molar-refractivity contribution in [2.75, 3.05) is 0 Å². The van der Waals surface area contributed by atoms with Crippen molar-refractivity contribution in [1.29, 1.82) is 0 Å². The number of rotatable bonds is 8. The molecule has 0 atom stereocenters. The summed E-state index contributed by atoms with van der Waals surface area (Å²) in [5.74, 6) is 0.436. The van der Waals surface area contributed by atoms with Gasteiger partial charge in [-0.2, -0.15) is 5.10 Å². The number of nitrogens with zero attached hydrogens (tertiary/aromatic N) is 2. The monoisotopic (exact) mass is 495 g/mol. The number of hydrogen-bond donors (Lipinski definition) is 1. The van der Waals surface area contributed by atoms with Crippen molar-refractivity contribution < 1.29 is 14.5 Å². The minimum absolute atomic E-state index is 0.0413. The van der Waals surface area contributed by atoms with Crippen LogP contribution in [-0.4, -0.2) is 17.0 Å². The fourth-order valence-corrected chi connectivity index (χ4v) is 3.42. The number of benzene rings is 3. The van der Waals surface area contributed by atoms with Crippen molar-refractivity contribution in [1.82, 2.24) is 5.43 Å². The van der Waals surface area contributed by atoms with E-state index in [9.17, 15) is 14.9 Å². The maximum absolute atomic E-state index is 12.1. The lowest BCUT2D eigenvalue weighted by Gasteiger charge is -2.09. The van der Waals surface area contributed by atoms with Crippen LogP contribution < -0.4 is 10.2 Å². The molecule has 0 radical (unpaired) electrons. The fraction of sp³-hybridized carbons (Fsp3) is 0.167. The van der Waals surface area contributed by atoms with E-state index >= 15 is 0 Å². The van der Waals surface area contributed by atoms with Gasteiger partial charge >= 0.3 is 0 Å². The third-order valence-corrected chi connectivity index (χ3v) is 5.46. The van der Waals surface area contributed by atoms with Crippen LogP contribution >= 0.6 is 15.9 Å². The minimum Gasteiger partial charge on any atom is -0.488 e. The van der Waals surface area contributed by atoms with Crippen LogP contribution in [0.25, 0.3) is 0 Å². The smallest absolute Gasteiger partial charge is 0.269 e. The van der Waals surface area contributed by atoms with Gasteiger partial charge in [0.2, 0.25) is 5.91 Å². The Balaban J connectivity index is 1.52. The number of nitrogens with one attached hydrogen (secondary N) is 1. The zero-order chi connectivity index (χ0) is 23.1. The van der Waals surface area contributed by atoms with Crippen molar-refractivity contribution in [2.24, 2.45) is 5.10 Å². The molecule has 1 amide bonds. The Morgan fingerprint density at radius 2 is 1.78 bits per heavy atom. The number of halogens is 1. The zero-order valence-electron chi connectivity index (χ0n) is 17.7. The Morgan fingerprint density at radius 3 is 2.44 bits per heavy atom. The number of carbonyl (C=O) groups is 1. The largest absolute Gasteiger partial charge is 0.488 e. The van der Waals surface area contributed by atoms with E-state index in [0.29, 0.717) is 5.75 Å². The van der Waals surface area contributed by atoms with Gasteiger partial charge in [-0.05, 0) is 87.9 Å². The number of nitro groups is 1. The third kappa shape index (κ3) is 6.49. The highest BCUT2D eigenvalue weighted by atomic mass is 79.9. The molecule has 0 fully saturated rings. The fourth-order valence-electron chi connectivity index (χ4n) is 2.91. The minimum atomic E-state index is -0.437. The van der Waals surface area contributed by atoms with E-state index in [1.807, 2.05) is 44.2 Å². The van der Waals surface area contributed by atoms with Crippen molar-refractivity contribution in [3.8, 4) is 5.75 Å². The molecular weight excluding hydrogens is 474 g/mol. The molecular formula is C24H22BrN3O4. The highest BCUT2D eigenvalue weighted by Gasteiger charge is 2.07. The van der Waals surface area contributed by atoms with Crippen molar-refractivity contribution in [2.45, 2.75) is 26.9 Å². The number of amides is 1. The van der Waals surface area contributed by atoms with E-state index in [1.165, 1.54) is 17.7 Å². The molecule has 0 heterocycles. The van der Waals surface area contributed by atoms with E-state index in [0.717, 1.165) is 26.7 Å². The molecule has 0 aromatic heterocycles. The van der Waals surface area contributed by atoms with Crippen LogP contribution in [0.4, 0.5) is 5.69 Å². The SMILES string of the molecule is Cc1ccc(CC(=O)N/N=C\c2ccc(OCc3ccc([N+](=O)[O-])cc3)c(Br)c2)cc1C. The summed E-state index contributed by atoms with van der Waals surface area (Å²) in [6, 6.07) is 17.6. The van der Waals surface area contributed by atoms with Gasteiger partial charge in [0.1, 0.15) is 12.4 Å². The predicted molar refractivity (Wildman–Crippen MR) is 127 cm³/mol. The van der Waals surface area contributed by atoms with E-state index < -0.39 is 4.92 Å². The quantitative estimate of drug-likeness (QED) is 0.262. The molecule has 0 bridgehead atoms. The third-order valence-electron chi connectivity index (χ3n) is 4.84. The van der Waals surface area contributed by atoms with E-state index in [1.54, 1.807) is 24.4 Å². The van der Waals surface area contributed by atoms with Gasteiger partial charge in [-0.1, -0.05) is 18.2 Å². The van der Waals surface area contributed by atoms with Gasteiger partial charge in [-0.3, -0.25) is 14.9 Å². The van der Waals surface area contributed by atoms with Gasteiger partial charge in [0.05, 0.1) is 22.0 Å². The van der Waals surface area contributed by atoms with Gasteiger partial charge < -0.3 is 4.74 Å². The lowest BCUT2D eigenvalue weighted by Crippen LogP contribution is -2.19. The van der Waals surface area contributed by atoms with Gasteiger partial charge in [-0.15, -0.1) is 0 Å². The highest BCUT2D eigenvalue weighted by molar-refractivity contribution is 9.10. The second kappa shape index (κ2) is 10.7. The first kappa shape index (κ1) is 23.1. The van der Waals surface area contributed by atoms with Crippen LogP contribution in [0, 0.1) is 24.0 Å². The molecule has 0 aliphatic heterocycles. The Hall–Kier alpha value is -3.52. The lowest BCUT2D eigenvalue weighted by atomic mass is 10.0. The standard InChI is InChI=1S/C24H22BrN3O4/c1-16-3-4-19(11-17(16)2)13-24(29)27-26-14-20-7-10-23(22(25)12-20)32-15-18-5-8-21(9-6-18)28(30)31/h3-12,14H,13,15H2,1-2H3,(H,27,29)/b26-14-. The highest BCUT2D eigenvalue weighted by Crippen LogP contribution is 2.26. The maximum atomic E-state index is 12.1. The molecule has 0 aliphatic carbocycles. The average Bonchev–Trinajstić information content (AvgIpc) is 2.76. The number of aryl methyl sites for hydroxylation is 2. The summed E-state index contributed by atoms with van der Waals surface area (Å²) < 4.78 is 6.50. The Kier molecular flexibility index (Phi) is 7.72. The second-order valence-electron chi connectivity index (χ2n) is 7.29. The topological polar surface area (TPSA) is 93.8 Å². The molecule has 3 rings (SSSR count). The summed E-state index contributed by atoms with van der Waals surface area (Å²) >= 11 is 3.47. The van der Waals surface area contributed by atoms with Crippen LogP contribution in [0.5, 0.6) is 5.75 Å². The molecule has 0 saturated carbocycles. The van der Waals surface area contributed by atoms with Gasteiger partial charge in [0.15, 0.2) is 0 Å². The summed E-state index contributed by atoms with van der Waals surface area (Å²) in [6.07, 6.45) is 1.82. The summed E-state index contributed by atoms with van der Waals surface area (Å²) in [5.41, 5.74) is 7.47. The zero-order valence-corrected chi connectivity index (χ0v) is 19.3. The molecule has 0 unspecified atom stereocenters. The number of ether oxygens (including phenoxy) is 1. The normalized spacial score (nSPS) is 10.8. The second-order valence-corrected chi connectivity index (χ2v) is 8.14. The molecule has 0 saturated heterocycles. The summed E-state index contributed by atoms with van der Waals surface area (Å²) in [5, 5.41) is 14.7. The van der Waals surface area contributed by atoms with Crippen LogP contribution in [0.15, 0.2) is 70.2 Å². The number of non-ortho nitro benzene ring substituents is 1. The molecule has 32 heavy (non-hydrogen) atoms. The lowest BCUT2D eigenvalue weighted by molar-refractivity contribution is -0.384. The van der Waals surface area contributed by atoms with Crippen molar-refractivity contribution in [3.05, 3.63) is 103 Å². The Bertz CT molecular complexity index is 1160.